The van der Waals surface area contributed by atoms with Crippen molar-refractivity contribution in [3.63, 3.8) is 0 Å². The van der Waals surface area contributed by atoms with E-state index in [0.29, 0.717) is 25.1 Å². The molecule has 0 aliphatic carbocycles. The fraction of sp³-hybridized carbons (Fsp3) is 1.00. The first kappa shape index (κ1) is 9.95. The monoisotopic (exact) mass is 193 g/mol. The molecule has 0 saturated carbocycles. The summed E-state index contributed by atoms with van der Waals surface area (Å²) < 4.78 is 22.0. The lowest BCUT2D eigenvalue weighted by Crippen LogP contribution is -2.31. The molecule has 1 atom stereocenters. The largest absolute Gasteiger partial charge is 0.396 e. The molecule has 1 saturated heterocycles. The summed E-state index contributed by atoms with van der Waals surface area (Å²) in [7, 11) is -2.76. The Kier molecular flexibility index (Phi) is 3.49. The third-order valence-electron chi connectivity index (χ3n) is 2.00. The number of aliphatic hydroxyl groups is 1. The molecule has 0 aromatic heterocycles. The molecule has 1 unspecified atom stereocenters. The van der Waals surface area contributed by atoms with Gasteiger partial charge in [0.15, 0.2) is 9.84 Å². The van der Waals surface area contributed by atoms with Gasteiger partial charge in [0.1, 0.15) is 0 Å². The molecule has 1 fully saturated rings. The molecule has 5 heteroatoms. The summed E-state index contributed by atoms with van der Waals surface area (Å²) in [5.41, 5.74) is 0. The van der Waals surface area contributed by atoms with Crippen LogP contribution in [0, 0.1) is 0 Å². The van der Waals surface area contributed by atoms with Crippen molar-refractivity contribution in [1.82, 2.24) is 5.32 Å². The summed E-state index contributed by atoms with van der Waals surface area (Å²) in [4.78, 5) is 0. The van der Waals surface area contributed by atoms with Crippen LogP contribution in [0.15, 0.2) is 0 Å². The summed E-state index contributed by atoms with van der Waals surface area (Å²) in [6.07, 6.45) is 1.41. The normalized spacial score (nSPS) is 27.6. The van der Waals surface area contributed by atoms with Gasteiger partial charge < -0.3 is 10.4 Å². The van der Waals surface area contributed by atoms with Crippen molar-refractivity contribution < 1.29 is 13.5 Å². The highest BCUT2D eigenvalue weighted by Gasteiger charge is 2.26. The van der Waals surface area contributed by atoms with Gasteiger partial charge in [0.2, 0.25) is 0 Å². The van der Waals surface area contributed by atoms with Gasteiger partial charge in [-0.1, -0.05) is 0 Å². The van der Waals surface area contributed by atoms with Crippen LogP contribution in [0.1, 0.15) is 12.8 Å². The first-order valence-electron chi connectivity index (χ1n) is 4.19. The second-order valence-corrected chi connectivity index (χ2v) is 5.36. The topological polar surface area (TPSA) is 66.4 Å². The molecule has 1 rings (SSSR count). The number of aliphatic hydroxyl groups excluding tert-OH is 1. The maximum absolute atomic E-state index is 11.0. The van der Waals surface area contributed by atoms with Crippen molar-refractivity contribution in [3.05, 3.63) is 0 Å². The van der Waals surface area contributed by atoms with E-state index in [1.54, 1.807) is 0 Å². The maximum Gasteiger partial charge on any atom is 0.151 e. The first-order valence-corrected chi connectivity index (χ1v) is 6.01. The highest BCUT2D eigenvalue weighted by Crippen LogP contribution is 2.10. The van der Waals surface area contributed by atoms with E-state index in [1.165, 1.54) is 0 Å². The van der Waals surface area contributed by atoms with Crippen LogP contribution in [-0.4, -0.2) is 44.2 Å². The van der Waals surface area contributed by atoms with E-state index in [9.17, 15) is 8.42 Å². The van der Waals surface area contributed by atoms with Gasteiger partial charge in [-0.25, -0.2) is 8.42 Å². The Hall–Kier alpha value is -0.130. The van der Waals surface area contributed by atoms with Crippen LogP contribution in [0.2, 0.25) is 0 Å². The zero-order valence-corrected chi connectivity index (χ0v) is 7.81. The average Bonchev–Trinajstić information content (AvgIpc) is 2.31. The summed E-state index contributed by atoms with van der Waals surface area (Å²) in [6.45, 7) is 0.864. The molecule has 0 aromatic rings. The Morgan fingerprint density at radius 2 is 2.25 bits per heavy atom. The predicted octanol–water partition coefficient (Wildman–Crippen LogP) is -0.854. The SMILES string of the molecule is O=S1(=O)CCC(NCCCO)C1. The van der Waals surface area contributed by atoms with Crippen LogP contribution in [0.5, 0.6) is 0 Å². The molecular weight excluding hydrogens is 178 g/mol. The Balaban J connectivity index is 2.20. The minimum Gasteiger partial charge on any atom is -0.396 e. The number of sulfone groups is 1. The van der Waals surface area contributed by atoms with Crippen LogP contribution in [-0.2, 0) is 9.84 Å². The van der Waals surface area contributed by atoms with Crippen LogP contribution in [0.4, 0.5) is 0 Å². The summed E-state index contributed by atoms with van der Waals surface area (Å²) in [5.74, 6) is 0.572. The molecule has 4 nitrogen and oxygen atoms in total. The van der Waals surface area contributed by atoms with Gasteiger partial charge in [-0.05, 0) is 19.4 Å². The van der Waals surface area contributed by atoms with E-state index in [0.717, 1.165) is 0 Å². The second-order valence-electron chi connectivity index (χ2n) is 3.13. The van der Waals surface area contributed by atoms with Crippen molar-refractivity contribution in [2.24, 2.45) is 0 Å². The summed E-state index contributed by atoms with van der Waals surface area (Å²) >= 11 is 0. The van der Waals surface area contributed by atoms with E-state index in [2.05, 4.69) is 5.32 Å². The number of hydrogen-bond acceptors (Lipinski definition) is 4. The van der Waals surface area contributed by atoms with E-state index in [1.807, 2.05) is 0 Å². The van der Waals surface area contributed by atoms with Crippen molar-refractivity contribution in [1.29, 1.82) is 0 Å². The van der Waals surface area contributed by atoms with Crippen molar-refractivity contribution in [2.45, 2.75) is 18.9 Å². The molecule has 1 heterocycles. The molecule has 1 aliphatic heterocycles. The lowest BCUT2D eigenvalue weighted by Gasteiger charge is -2.08. The van der Waals surface area contributed by atoms with Gasteiger partial charge in [0, 0.05) is 12.6 Å². The molecule has 72 valence electrons. The molecule has 2 N–H and O–H groups in total. The van der Waals surface area contributed by atoms with Crippen molar-refractivity contribution in [3.8, 4) is 0 Å². The number of hydrogen-bond donors (Lipinski definition) is 2. The Morgan fingerprint density at radius 1 is 1.50 bits per heavy atom. The van der Waals surface area contributed by atoms with E-state index in [-0.39, 0.29) is 18.4 Å². The Morgan fingerprint density at radius 3 is 2.75 bits per heavy atom. The summed E-state index contributed by atoms with van der Waals surface area (Å²) in [5, 5.41) is 11.6. The lowest BCUT2D eigenvalue weighted by molar-refractivity contribution is 0.284. The minimum absolute atomic E-state index is 0.113. The standard InChI is InChI=1S/C7H15NO3S/c9-4-1-3-8-7-2-5-12(10,11)6-7/h7-9H,1-6H2. The molecule has 1 aliphatic rings. The highest BCUT2D eigenvalue weighted by molar-refractivity contribution is 7.91. The third kappa shape index (κ3) is 3.08. The zero-order chi connectivity index (χ0) is 9.03. The van der Waals surface area contributed by atoms with Gasteiger partial charge in [-0.3, -0.25) is 0 Å². The van der Waals surface area contributed by atoms with E-state index >= 15 is 0 Å². The molecular formula is C7H15NO3S. The number of rotatable bonds is 4. The molecule has 12 heavy (non-hydrogen) atoms. The van der Waals surface area contributed by atoms with Crippen LogP contribution in [0.25, 0.3) is 0 Å². The fourth-order valence-corrected chi connectivity index (χ4v) is 3.05. The smallest absolute Gasteiger partial charge is 0.151 e. The summed E-state index contributed by atoms with van der Waals surface area (Å²) in [6, 6.07) is 0.113. The third-order valence-corrected chi connectivity index (χ3v) is 3.77. The van der Waals surface area contributed by atoms with Crippen molar-refractivity contribution in [2.75, 3.05) is 24.7 Å². The van der Waals surface area contributed by atoms with Gasteiger partial charge in [-0.2, -0.15) is 0 Å². The second kappa shape index (κ2) is 4.20. The quantitative estimate of drug-likeness (QED) is 0.570. The first-order chi connectivity index (χ1) is 5.64. The van der Waals surface area contributed by atoms with Crippen LogP contribution >= 0.6 is 0 Å². The van der Waals surface area contributed by atoms with Gasteiger partial charge >= 0.3 is 0 Å². The number of nitrogens with one attached hydrogen (secondary N) is 1. The predicted molar refractivity (Wildman–Crippen MR) is 46.8 cm³/mol. The minimum atomic E-state index is -2.76. The van der Waals surface area contributed by atoms with Crippen molar-refractivity contribution >= 4 is 9.84 Å². The maximum atomic E-state index is 11.0. The zero-order valence-electron chi connectivity index (χ0n) is 6.99. The van der Waals surface area contributed by atoms with Crippen LogP contribution < -0.4 is 5.32 Å². The Labute approximate surface area is 72.9 Å². The van der Waals surface area contributed by atoms with E-state index in [4.69, 9.17) is 5.11 Å². The van der Waals surface area contributed by atoms with E-state index < -0.39 is 9.84 Å². The molecule has 0 radical (unpaired) electrons. The molecule has 0 amide bonds. The fourth-order valence-electron chi connectivity index (χ4n) is 1.34. The average molecular weight is 193 g/mol. The Bertz CT molecular complexity index is 225. The van der Waals surface area contributed by atoms with Gasteiger partial charge in [0.25, 0.3) is 0 Å². The molecule has 0 spiro atoms. The van der Waals surface area contributed by atoms with Crippen LogP contribution in [0.3, 0.4) is 0 Å². The lowest BCUT2D eigenvalue weighted by atomic mass is 10.2. The molecule has 0 aromatic carbocycles. The van der Waals surface area contributed by atoms with Gasteiger partial charge in [0.05, 0.1) is 11.5 Å². The molecule has 0 bridgehead atoms. The highest BCUT2D eigenvalue weighted by atomic mass is 32.2. The van der Waals surface area contributed by atoms with Gasteiger partial charge in [-0.15, -0.1) is 0 Å².